The minimum atomic E-state index is -1.24. The Labute approximate surface area is 397 Å². The highest BCUT2D eigenvalue weighted by Crippen LogP contribution is 2.38. The normalized spacial score (nSPS) is 12.1. The molecule has 0 aliphatic carbocycles. The summed E-state index contributed by atoms with van der Waals surface area (Å²) in [4.78, 5) is 83.1. The Morgan fingerprint density at radius 2 is 0.873 bits per heavy atom. The van der Waals surface area contributed by atoms with Crippen LogP contribution in [0.15, 0.2) is 0 Å². The van der Waals surface area contributed by atoms with Crippen LogP contribution in [0.5, 0.6) is 0 Å². The van der Waals surface area contributed by atoms with Gasteiger partial charge >= 0.3 is 0 Å². The average molecular weight is 1450 g/mol. The summed E-state index contributed by atoms with van der Waals surface area (Å²) in [6.07, 6.45) is -2.47. The molecule has 2 aromatic rings. The molecule has 2 unspecified atom stereocenters. The van der Waals surface area contributed by atoms with Crippen molar-refractivity contribution in [2.75, 3.05) is 84.4 Å². The van der Waals surface area contributed by atoms with Gasteiger partial charge in [0.2, 0.25) is 11.8 Å². The van der Waals surface area contributed by atoms with Crippen LogP contribution in [0.4, 0.5) is 11.4 Å². The molecular weight excluding hydrogens is 1410 g/mol. The summed E-state index contributed by atoms with van der Waals surface area (Å²) in [5, 5.41) is 65.0. The summed E-state index contributed by atoms with van der Waals surface area (Å²) in [5.41, 5.74) is 0.279. The third-order valence-corrected chi connectivity index (χ3v) is 14.0. The number of halogens is 6. The van der Waals surface area contributed by atoms with Crippen LogP contribution in [0, 0.1) is 21.4 Å². The van der Waals surface area contributed by atoms with E-state index in [1.165, 1.54) is 26.0 Å². The van der Waals surface area contributed by atoms with Gasteiger partial charge in [0, 0.05) is 54.5 Å². The van der Waals surface area contributed by atoms with Gasteiger partial charge in [-0.05, 0) is 136 Å². The van der Waals surface area contributed by atoms with Crippen LogP contribution in [0.25, 0.3) is 0 Å². The van der Waals surface area contributed by atoms with E-state index in [4.69, 9.17) is 0 Å². The summed E-state index contributed by atoms with van der Waals surface area (Å²) in [6.45, 7) is -3.62. The van der Waals surface area contributed by atoms with Gasteiger partial charge in [-0.2, -0.15) is 0 Å². The molecule has 0 spiro atoms. The van der Waals surface area contributed by atoms with E-state index in [-0.39, 0.29) is 81.2 Å². The van der Waals surface area contributed by atoms with Crippen LogP contribution >= 0.6 is 136 Å². The molecule has 24 heteroatoms. The molecule has 2 atom stereocenters. The Kier molecular flexibility index (Phi) is 21.4. The second-order valence-electron chi connectivity index (χ2n) is 11.6. The molecule has 0 bridgehead atoms. The standard InChI is InChI=1S/C31H36I6N6O12/c1-41(29(53)18-21(33)19(31(55)43(3)7-13(49)9-45)25(37)27(24(18)36)40-15(51)11-47)5-4-38-28(52)16-20(32)17(30(54)42(2)6-12(48)8-44)23(35)26(22(16)34)39-14(50)10-46/h12-13,44-49H,4-11H2,1-3H3,(H,38,52)(H,39,50)(H,40,51). The number of amides is 6. The van der Waals surface area contributed by atoms with Gasteiger partial charge in [0.25, 0.3) is 23.6 Å². The van der Waals surface area contributed by atoms with Crippen molar-refractivity contribution in [2.24, 2.45) is 0 Å². The zero-order chi connectivity index (χ0) is 42.1. The van der Waals surface area contributed by atoms with Crippen LogP contribution in [0.3, 0.4) is 0 Å². The predicted octanol–water partition coefficient (Wildman–Crippen LogP) is 0.528. The summed E-state index contributed by atoms with van der Waals surface area (Å²) < 4.78 is 1.46. The van der Waals surface area contributed by atoms with Gasteiger partial charge in [-0.3, -0.25) is 28.8 Å². The van der Waals surface area contributed by atoms with Gasteiger partial charge in [-0.15, -0.1) is 0 Å². The topological polar surface area (TPSA) is 270 Å². The number of hydrogen-bond acceptors (Lipinski definition) is 12. The van der Waals surface area contributed by atoms with Crippen molar-refractivity contribution in [2.45, 2.75) is 12.2 Å². The molecule has 0 aromatic heterocycles. The Balaban J connectivity index is 2.53. The molecule has 0 fully saturated rings. The van der Waals surface area contributed by atoms with Crippen LogP contribution in [0.2, 0.25) is 0 Å². The summed E-state index contributed by atoms with van der Waals surface area (Å²) in [6, 6.07) is 0. The van der Waals surface area contributed by atoms with Crippen molar-refractivity contribution in [1.29, 1.82) is 0 Å². The third kappa shape index (κ3) is 12.7. The predicted molar refractivity (Wildman–Crippen MR) is 250 cm³/mol. The number of anilines is 2. The van der Waals surface area contributed by atoms with Crippen molar-refractivity contribution in [1.82, 2.24) is 20.0 Å². The first-order valence-electron chi connectivity index (χ1n) is 15.5. The summed E-state index contributed by atoms with van der Waals surface area (Å²) in [7, 11) is 4.23. The number of likely N-dealkylation sites (N-methyl/N-ethyl adjacent to an activating group) is 3. The summed E-state index contributed by atoms with van der Waals surface area (Å²) in [5.74, 6) is -4.12. The number of rotatable bonds is 17. The quantitative estimate of drug-likeness (QED) is 0.0983. The fraction of sp³-hybridized carbons (Fsp3) is 0.419. The lowest BCUT2D eigenvalue weighted by atomic mass is 10.1. The first-order chi connectivity index (χ1) is 25.7. The van der Waals surface area contributed by atoms with Crippen molar-refractivity contribution in [3.8, 4) is 0 Å². The van der Waals surface area contributed by atoms with Gasteiger partial charge in [0.15, 0.2) is 0 Å². The first-order valence-corrected chi connectivity index (χ1v) is 22.0. The zero-order valence-electron chi connectivity index (χ0n) is 29.1. The molecular formula is C31H36I6N6O12. The molecule has 0 aliphatic heterocycles. The molecule has 2 aromatic carbocycles. The smallest absolute Gasteiger partial charge is 0.255 e. The number of carbonyl (C=O) groups excluding carboxylic acids is 6. The van der Waals surface area contributed by atoms with E-state index in [9.17, 15) is 59.4 Å². The van der Waals surface area contributed by atoms with Gasteiger partial charge < -0.3 is 61.3 Å². The number of nitrogens with one attached hydrogen (secondary N) is 3. The molecule has 0 aliphatic rings. The lowest BCUT2D eigenvalue weighted by Crippen LogP contribution is -2.39. The Morgan fingerprint density at radius 1 is 0.545 bits per heavy atom. The van der Waals surface area contributed by atoms with E-state index in [0.717, 1.165) is 9.80 Å². The molecule has 0 radical (unpaired) electrons. The van der Waals surface area contributed by atoms with E-state index in [2.05, 4.69) is 16.0 Å². The van der Waals surface area contributed by atoms with E-state index >= 15 is 0 Å². The highest BCUT2D eigenvalue weighted by atomic mass is 127. The summed E-state index contributed by atoms with van der Waals surface area (Å²) >= 11 is 11.0. The van der Waals surface area contributed by atoms with E-state index in [1.807, 2.05) is 136 Å². The van der Waals surface area contributed by atoms with E-state index < -0.39 is 74.1 Å². The van der Waals surface area contributed by atoms with Crippen molar-refractivity contribution < 1.29 is 59.4 Å². The Hall–Kier alpha value is -0.600. The monoisotopic (exact) mass is 1450 g/mol. The molecule has 18 nitrogen and oxygen atoms in total. The van der Waals surface area contributed by atoms with Gasteiger partial charge in [0.1, 0.15) is 13.2 Å². The van der Waals surface area contributed by atoms with Crippen LogP contribution in [-0.4, -0.2) is 167 Å². The Bertz CT molecular complexity index is 1840. The second kappa shape index (κ2) is 23.3. The molecule has 6 amide bonds. The molecule has 9 N–H and O–H groups in total. The maximum absolute atomic E-state index is 14.0. The fourth-order valence-electron chi connectivity index (χ4n) is 4.68. The first kappa shape index (κ1) is 50.5. The zero-order valence-corrected chi connectivity index (χ0v) is 42.0. The number of aliphatic hydroxyl groups is 6. The van der Waals surface area contributed by atoms with Crippen molar-refractivity contribution in [3.05, 3.63) is 43.7 Å². The maximum Gasteiger partial charge on any atom is 0.255 e. The number of hydrogen-bond donors (Lipinski definition) is 9. The largest absolute Gasteiger partial charge is 0.394 e. The van der Waals surface area contributed by atoms with Gasteiger partial charge in [-0.1, -0.05) is 0 Å². The van der Waals surface area contributed by atoms with Crippen molar-refractivity contribution >= 4 is 182 Å². The van der Waals surface area contributed by atoms with Gasteiger partial charge in [0.05, 0.1) is 73.3 Å². The average Bonchev–Trinajstić information content (AvgIpc) is 3.14. The van der Waals surface area contributed by atoms with E-state index in [1.54, 1.807) is 0 Å². The highest BCUT2D eigenvalue weighted by Gasteiger charge is 2.33. The number of nitrogens with zero attached hydrogens (tertiary/aromatic N) is 3. The molecule has 55 heavy (non-hydrogen) atoms. The number of aliphatic hydroxyl groups excluding tert-OH is 6. The lowest BCUT2D eigenvalue weighted by Gasteiger charge is -2.26. The number of carbonyl (C=O) groups is 6. The maximum atomic E-state index is 14.0. The molecule has 0 heterocycles. The third-order valence-electron chi connectivity index (χ3n) is 7.48. The molecule has 304 valence electrons. The van der Waals surface area contributed by atoms with Crippen LogP contribution in [-0.2, 0) is 9.59 Å². The minimum absolute atomic E-state index is 0.00730. The highest BCUT2D eigenvalue weighted by molar-refractivity contribution is 14.1. The van der Waals surface area contributed by atoms with Gasteiger partial charge in [-0.25, -0.2) is 0 Å². The van der Waals surface area contributed by atoms with Crippen LogP contribution in [0.1, 0.15) is 41.4 Å². The SMILES string of the molecule is CN(CC(O)CO)C(=O)c1c(I)c(NC(=O)CO)c(I)c(C(=O)NCCN(C)C(=O)c2c(I)c(NC(=O)CO)c(I)c(C(=O)N(C)CC(O)CO)c2I)c1I. The van der Waals surface area contributed by atoms with E-state index in [0.29, 0.717) is 0 Å². The number of benzene rings is 2. The second-order valence-corrected chi connectivity index (χ2v) is 18.0. The fourth-order valence-corrected chi connectivity index (χ4v) is 13.4. The van der Waals surface area contributed by atoms with Crippen molar-refractivity contribution in [3.63, 3.8) is 0 Å². The lowest BCUT2D eigenvalue weighted by molar-refractivity contribution is -0.119. The Morgan fingerprint density at radius 3 is 1.22 bits per heavy atom. The molecule has 0 saturated heterocycles. The van der Waals surface area contributed by atoms with Crippen LogP contribution < -0.4 is 16.0 Å². The minimum Gasteiger partial charge on any atom is -0.394 e. The molecule has 2 rings (SSSR count). The molecule has 0 saturated carbocycles.